The van der Waals surface area contributed by atoms with Crippen LogP contribution in [0.1, 0.15) is 64.8 Å². The van der Waals surface area contributed by atoms with E-state index in [4.69, 9.17) is 0 Å². The van der Waals surface area contributed by atoms with E-state index in [0.717, 1.165) is 43.1 Å². The normalized spacial score (nSPS) is 15.8. The number of hydrogen-bond acceptors (Lipinski definition) is 2. The minimum atomic E-state index is -0.00398. The molecular formula is C30H36N2O. The third-order valence-corrected chi connectivity index (χ3v) is 6.89. The molecule has 1 N–H and O–H groups in total. The van der Waals surface area contributed by atoms with E-state index in [0.29, 0.717) is 0 Å². The van der Waals surface area contributed by atoms with E-state index in [9.17, 15) is 4.79 Å². The third kappa shape index (κ3) is 6.55. The summed E-state index contributed by atoms with van der Waals surface area (Å²) in [6.45, 7) is 7.44. The summed E-state index contributed by atoms with van der Waals surface area (Å²) >= 11 is 0. The Balaban J connectivity index is 1.26. The Morgan fingerprint density at radius 3 is 2.21 bits per heavy atom. The molecule has 3 nitrogen and oxygen atoms in total. The van der Waals surface area contributed by atoms with Gasteiger partial charge in [0.2, 0.25) is 0 Å². The van der Waals surface area contributed by atoms with Gasteiger partial charge in [-0.15, -0.1) is 0 Å². The number of benzene rings is 3. The molecule has 0 unspecified atom stereocenters. The highest BCUT2D eigenvalue weighted by Gasteiger charge is 2.20. The molecule has 0 radical (unpaired) electrons. The molecule has 1 saturated heterocycles. The summed E-state index contributed by atoms with van der Waals surface area (Å²) in [5.41, 5.74) is 5.85. The summed E-state index contributed by atoms with van der Waals surface area (Å²) in [6, 6.07) is 27.5. The van der Waals surface area contributed by atoms with Crippen LogP contribution in [-0.2, 0) is 13.0 Å². The number of piperidine rings is 1. The van der Waals surface area contributed by atoms with Crippen LogP contribution < -0.4 is 5.32 Å². The first-order valence-electron chi connectivity index (χ1n) is 12.3. The molecular weight excluding hydrogens is 404 g/mol. The number of aryl methyl sites for hydroxylation is 1. The van der Waals surface area contributed by atoms with Crippen LogP contribution in [-0.4, -0.2) is 23.9 Å². The zero-order valence-corrected chi connectivity index (χ0v) is 20.0. The molecule has 0 bridgehead atoms. The van der Waals surface area contributed by atoms with Crippen LogP contribution in [0.3, 0.4) is 0 Å². The second-order valence-electron chi connectivity index (χ2n) is 9.45. The molecule has 0 aromatic heterocycles. The van der Waals surface area contributed by atoms with Crippen LogP contribution in [0, 0.1) is 12.8 Å². The maximum atomic E-state index is 12.8. The molecule has 1 fully saturated rings. The Labute approximate surface area is 198 Å². The summed E-state index contributed by atoms with van der Waals surface area (Å²) < 4.78 is 0. The van der Waals surface area contributed by atoms with Crippen molar-refractivity contribution in [3.63, 3.8) is 0 Å². The monoisotopic (exact) mass is 440 g/mol. The fourth-order valence-electron chi connectivity index (χ4n) is 4.78. The average Bonchev–Trinajstić information content (AvgIpc) is 2.85. The van der Waals surface area contributed by atoms with E-state index >= 15 is 0 Å². The lowest BCUT2D eigenvalue weighted by Gasteiger charge is -2.32. The Hall–Kier alpha value is -2.91. The van der Waals surface area contributed by atoms with Gasteiger partial charge in [0.25, 0.3) is 5.91 Å². The first-order chi connectivity index (χ1) is 16.1. The fraction of sp³-hybridized carbons (Fsp3) is 0.367. The molecule has 3 heteroatoms. The molecule has 3 aromatic rings. The Morgan fingerprint density at radius 2 is 1.58 bits per heavy atom. The lowest BCUT2D eigenvalue weighted by Crippen LogP contribution is -2.33. The lowest BCUT2D eigenvalue weighted by molar-refractivity contribution is 0.0935. The fourth-order valence-corrected chi connectivity index (χ4v) is 4.78. The Morgan fingerprint density at radius 1 is 0.909 bits per heavy atom. The number of likely N-dealkylation sites (tertiary alicyclic amines) is 1. The number of hydrogen-bond donors (Lipinski definition) is 1. The molecule has 4 rings (SSSR count). The van der Waals surface area contributed by atoms with Gasteiger partial charge in [-0.2, -0.15) is 0 Å². The molecule has 33 heavy (non-hydrogen) atoms. The first kappa shape index (κ1) is 23.3. The van der Waals surface area contributed by atoms with Gasteiger partial charge in [-0.25, -0.2) is 0 Å². The molecule has 1 aliphatic rings. The van der Waals surface area contributed by atoms with Crippen LogP contribution in [0.5, 0.6) is 0 Å². The van der Waals surface area contributed by atoms with Gasteiger partial charge >= 0.3 is 0 Å². The summed E-state index contributed by atoms with van der Waals surface area (Å²) in [5, 5.41) is 3.19. The number of amides is 1. The summed E-state index contributed by atoms with van der Waals surface area (Å²) in [5.74, 6) is 0.783. The van der Waals surface area contributed by atoms with Crippen molar-refractivity contribution in [3.05, 3.63) is 107 Å². The zero-order chi connectivity index (χ0) is 23.0. The highest BCUT2D eigenvalue weighted by Crippen LogP contribution is 2.23. The van der Waals surface area contributed by atoms with E-state index < -0.39 is 0 Å². The van der Waals surface area contributed by atoms with Crippen molar-refractivity contribution in [2.75, 3.05) is 13.1 Å². The van der Waals surface area contributed by atoms with Gasteiger partial charge < -0.3 is 5.32 Å². The lowest BCUT2D eigenvalue weighted by atomic mass is 9.90. The van der Waals surface area contributed by atoms with Crippen LogP contribution in [0.15, 0.2) is 78.9 Å². The van der Waals surface area contributed by atoms with Gasteiger partial charge in [0.15, 0.2) is 0 Å². The average molecular weight is 441 g/mol. The number of nitrogens with one attached hydrogen (secondary N) is 1. The minimum Gasteiger partial charge on any atom is -0.345 e. The standard InChI is InChI=1S/C30H36N2O/c1-3-29(27-13-9-23(2)10-14-27)31-30(33)28-15-11-26(12-16-28)22-32-19-17-25(18-20-32)21-24-7-5-4-6-8-24/h4-16,25,29H,3,17-22H2,1-2H3,(H,31,33)/t29-/m0/s1. The van der Waals surface area contributed by atoms with Crippen molar-refractivity contribution in [1.82, 2.24) is 10.2 Å². The van der Waals surface area contributed by atoms with Crippen molar-refractivity contribution in [3.8, 4) is 0 Å². The van der Waals surface area contributed by atoms with Crippen LogP contribution in [0.4, 0.5) is 0 Å². The van der Waals surface area contributed by atoms with Gasteiger partial charge in [0.1, 0.15) is 0 Å². The van der Waals surface area contributed by atoms with Crippen LogP contribution in [0.25, 0.3) is 0 Å². The smallest absolute Gasteiger partial charge is 0.251 e. The molecule has 1 amide bonds. The highest BCUT2D eigenvalue weighted by atomic mass is 16.1. The van der Waals surface area contributed by atoms with Gasteiger partial charge in [-0.3, -0.25) is 9.69 Å². The van der Waals surface area contributed by atoms with Gasteiger partial charge in [0, 0.05) is 12.1 Å². The van der Waals surface area contributed by atoms with Crippen molar-refractivity contribution in [1.29, 1.82) is 0 Å². The molecule has 0 aliphatic carbocycles. The summed E-state index contributed by atoms with van der Waals surface area (Å²) in [6.07, 6.45) is 4.58. The molecule has 1 aliphatic heterocycles. The highest BCUT2D eigenvalue weighted by molar-refractivity contribution is 5.94. The summed E-state index contributed by atoms with van der Waals surface area (Å²) in [7, 11) is 0. The largest absolute Gasteiger partial charge is 0.345 e. The first-order valence-corrected chi connectivity index (χ1v) is 12.3. The van der Waals surface area contributed by atoms with Crippen molar-refractivity contribution < 1.29 is 4.79 Å². The van der Waals surface area contributed by atoms with Crippen molar-refractivity contribution >= 4 is 5.91 Å². The molecule has 3 aromatic carbocycles. The minimum absolute atomic E-state index is 0.00398. The summed E-state index contributed by atoms with van der Waals surface area (Å²) in [4.78, 5) is 15.4. The number of rotatable bonds is 8. The van der Waals surface area contributed by atoms with E-state index in [1.807, 2.05) is 12.1 Å². The predicted molar refractivity (Wildman–Crippen MR) is 136 cm³/mol. The maximum absolute atomic E-state index is 12.8. The van der Waals surface area contributed by atoms with E-state index in [1.54, 1.807) is 0 Å². The second kappa shape index (κ2) is 11.3. The molecule has 0 spiro atoms. The third-order valence-electron chi connectivity index (χ3n) is 6.89. The van der Waals surface area contributed by atoms with E-state index in [-0.39, 0.29) is 11.9 Å². The number of carbonyl (C=O) groups is 1. The van der Waals surface area contributed by atoms with E-state index in [2.05, 4.69) is 90.8 Å². The number of carbonyl (C=O) groups excluding carboxylic acids is 1. The molecule has 0 saturated carbocycles. The van der Waals surface area contributed by atoms with Crippen LogP contribution in [0.2, 0.25) is 0 Å². The van der Waals surface area contributed by atoms with Crippen molar-refractivity contribution in [2.45, 2.75) is 52.1 Å². The Kier molecular flexibility index (Phi) is 7.96. The van der Waals surface area contributed by atoms with Crippen molar-refractivity contribution in [2.24, 2.45) is 5.92 Å². The maximum Gasteiger partial charge on any atom is 0.251 e. The predicted octanol–water partition coefficient (Wildman–Crippen LogP) is 6.33. The molecule has 1 heterocycles. The Bertz CT molecular complexity index is 1000. The quantitative estimate of drug-likeness (QED) is 0.444. The molecule has 1 atom stereocenters. The molecule has 172 valence electrons. The number of nitrogens with zero attached hydrogens (tertiary/aromatic N) is 1. The van der Waals surface area contributed by atoms with Gasteiger partial charge in [-0.05, 0) is 80.4 Å². The van der Waals surface area contributed by atoms with Crippen LogP contribution >= 0.6 is 0 Å². The zero-order valence-electron chi connectivity index (χ0n) is 20.0. The SMILES string of the molecule is CC[C@H](NC(=O)c1ccc(CN2CCC(Cc3ccccc3)CC2)cc1)c1ccc(C)cc1. The van der Waals surface area contributed by atoms with Gasteiger partial charge in [0.05, 0.1) is 6.04 Å². The van der Waals surface area contributed by atoms with Gasteiger partial charge in [-0.1, -0.05) is 79.2 Å². The topological polar surface area (TPSA) is 32.3 Å². The van der Waals surface area contributed by atoms with E-state index in [1.165, 1.54) is 36.0 Å². The second-order valence-corrected chi connectivity index (χ2v) is 9.45.